The average Bonchev–Trinajstić information content (AvgIpc) is 2.85. The van der Waals surface area contributed by atoms with E-state index in [9.17, 15) is 0 Å². The molecule has 3 unspecified atom stereocenters. The minimum atomic E-state index is 0.493. The van der Waals surface area contributed by atoms with Crippen LogP contribution in [0, 0.1) is 13.8 Å². The number of hydrogen-bond donors (Lipinski definition) is 1. The van der Waals surface area contributed by atoms with Crippen LogP contribution in [0.2, 0.25) is 0 Å². The zero-order chi connectivity index (χ0) is 13.6. The van der Waals surface area contributed by atoms with Gasteiger partial charge in [-0.2, -0.15) is 0 Å². The summed E-state index contributed by atoms with van der Waals surface area (Å²) in [5.41, 5.74) is 1.39. The highest BCUT2D eigenvalue weighted by molar-refractivity contribution is 5.24. The first-order chi connectivity index (χ1) is 9.10. The third-order valence-corrected chi connectivity index (χ3v) is 5.17. The number of furan rings is 1. The molecule has 2 bridgehead atoms. The molecule has 2 saturated heterocycles. The third-order valence-electron chi connectivity index (χ3n) is 5.17. The molecule has 1 N–H and O–H groups in total. The van der Waals surface area contributed by atoms with Crippen molar-refractivity contribution in [3.8, 4) is 0 Å². The number of nitrogens with one attached hydrogen (secondary N) is 1. The molecule has 0 saturated carbocycles. The Kier molecular flexibility index (Phi) is 3.44. The van der Waals surface area contributed by atoms with Crippen LogP contribution in [0.3, 0.4) is 0 Å². The van der Waals surface area contributed by atoms with Gasteiger partial charge in [0.05, 0.1) is 0 Å². The smallest absolute Gasteiger partial charge is 0.105 e. The Morgan fingerprint density at radius 1 is 1.26 bits per heavy atom. The molecular weight excluding hydrogens is 236 g/mol. The van der Waals surface area contributed by atoms with Crippen LogP contribution >= 0.6 is 0 Å². The van der Waals surface area contributed by atoms with E-state index >= 15 is 0 Å². The molecule has 3 rings (SSSR count). The van der Waals surface area contributed by atoms with E-state index in [0.29, 0.717) is 12.1 Å². The van der Waals surface area contributed by atoms with E-state index in [2.05, 4.69) is 37.2 Å². The second-order valence-electron chi connectivity index (χ2n) is 6.33. The van der Waals surface area contributed by atoms with Crippen LogP contribution < -0.4 is 5.32 Å². The lowest BCUT2D eigenvalue weighted by Gasteiger charge is -2.42. The molecule has 0 radical (unpaired) electrons. The van der Waals surface area contributed by atoms with Gasteiger partial charge in [-0.05, 0) is 59.6 Å². The van der Waals surface area contributed by atoms with Gasteiger partial charge in [0, 0.05) is 29.7 Å². The molecule has 1 aromatic rings. The third kappa shape index (κ3) is 2.23. The first-order valence-electron chi connectivity index (χ1n) is 7.61. The highest BCUT2D eigenvalue weighted by atomic mass is 16.3. The average molecular weight is 262 g/mol. The zero-order valence-electron chi connectivity index (χ0n) is 12.6. The summed E-state index contributed by atoms with van der Waals surface area (Å²) in [6, 6.07) is 4.94. The maximum Gasteiger partial charge on any atom is 0.105 e. The van der Waals surface area contributed by atoms with E-state index in [1.54, 1.807) is 0 Å². The van der Waals surface area contributed by atoms with Crippen molar-refractivity contribution < 1.29 is 4.42 Å². The standard InChI is InChI=1S/C16H26N2O/c1-10-7-16(12(3)19-10)11(2)18-14-5-6-15(18)9-13(8-14)17-4/h7,11,13-15,17H,5-6,8-9H2,1-4H3. The Balaban J connectivity index is 1.81. The van der Waals surface area contributed by atoms with Crippen LogP contribution in [-0.4, -0.2) is 30.1 Å². The van der Waals surface area contributed by atoms with Crippen LogP contribution in [0.15, 0.2) is 10.5 Å². The van der Waals surface area contributed by atoms with Gasteiger partial charge in [-0.1, -0.05) is 0 Å². The molecule has 2 aliphatic rings. The molecule has 3 atom stereocenters. The summed E-state index contributed by atoms with van der Waals surface area (Å²) in [6.07, 6.45) is 5.33. The van der Waals surface area contributed by atoms with Gasteiger partial charge in [-0.25, -0.2) is 0 Å². The molecule has 0 amide bonds. The van der Waals surface area contributed by atoms with E-state index in [4.69, 9.17) is 4.42 Å². The van der Waals surface area contributed by atoms with Crippen LogP contribution in [0.25, 0.3) is 0 Å². The van der Waals surface area contributed by atoms with Crippen LogP contribution in [0.5, 0.6) is 0 Å². The number of nitrogens with zero attached hydrogens (tertiary/aromatic N) is 1. The molecule has 0 aromatic carbocycles. The summed E-state index contributed by atoms with van der Waals surface area (Å²) in [5, 5.41) is 3.47. The van der Waals surface area contributed by atoms with Gasteiger partial charge < -0.3 is 9.73 Å². The van der Waals surface area contributed by atoms with Gasteiger partial charge in [0.1, 0.15) is 11.5 Å². The molecule has 2 aliphatic heterocycles. The Hall–Kier alpha value is -0.800. The largest absolute Gasteiger partial charge is 0.466 e. The lowest BCUT2D eigenvalue weighted by Crippen LogP contribution is -2.49. The fourth-order valence-electron chi connectivity index (χ4n) is 4.31. The van der Waals surface area contributed by atoms with Gasteiger partial charge in [0.15, 0.2) is 0 Å². The lowest BCUT2D eigenvalue weighted by atomic mass is 9.94. The Morgan fingerprint density at radius 2 is 1.89 bits per heavy atom. The van der Waals surface area contributed by atoms with Crippen molar-refractivity contribution in [3.05, 3.63) is 23.2 Å². The van der Waals surface area contributed by atoms with Gasteiger partial charge in [0.25, 0.3) is 0 Å². The Labute approximate surface area is 116 Å². The van der Waals surface area contributed by atoms with E-state index in [1.165, 1.54) is 31.2 Å². The molecule has 3 heterocycles. The van der Waals surface area contributed by atoms with Crippen LogP contribution in [-0.2, 0) is 0 Å². The fourth-order valence-corrected chi connectivity index (χ4v) is 4.31. The van der Waals surface area contributed by atoms with Crippen molar-refractivity contribution in [1.82, 2.24) is 10.2 Å². The number of fused-ring (bicyclic) bond motifs is 2. The van der Waals surface area contributed by atoms with Crippen LogP contribution in [0.4, 0.5) is 0 Å². The maximum absolute atomic E-state index is 5.72. The normalized spacial score (nSPS) is 32.7. The number of hydrogen-bond acceptors (Lipinski definition) is 3. The Morgan fingerprint density at radius 3 is 2.37 bits per heavy atom. The van der Waals surface area contributed by atoms with E-state index in [0.717, 1.165) is 23.6 Å². The summed E-state index contributed by atoms with van der Waals surface area (Å²) < 4.78 is 5.72. The lowest BCUT2D eigenvalue weighted by molar-refractivity contribution is 0.0782. The molecule has 0 spiro atoms. The number of rotatable bonds is 3. The minimum absolute atomic E-state index is 0.493. The second-order valence-corrected chi connectivity index (χ2v) is 6.33. The summed E-state index contributed by atoms with van der Waals surface area (Å²) in [7, 11) is 2.10. The molecule has 3 nitrogen and oxygen atoms in total. The van der Waals surface area contributed by atoms with E-state index in [1.807, 2.05) is 6.92 Å². The molecule has 19 heavy (non-hydrogen) atoms. The topological polar surface area (TPSA) is 28.4 Å². The molecule has 106 valence electrons. The minimum Gasteiger partial charge on any atom is -0.466 e. The first kappa shape index (κ1) is 13.2. The van der Waals surface area contributed by atoms with Crippen molar-refractivity contribution in [2.75, 3.05) is 7.05 Å². The van der Waals surface area contributed by atoms with Gasteiger partial charge in [-0.3, -0.25) is 4.90 Å². The van der Waals surface area contributed by atoms with Gasteiger partial charge in [-0.15, -0.1) is 0 Å². The van der Waals surface area contributed by atoms with E-state index in [-0.39, 0.29) is 0 Å². The van der Waals surface area contributed by atoms with Crippen molar-refractivity contribution in [1.29, 1.82) is 0 Å². The maximum atomic E-state index is 5.72. The summed E-state index contributed by atoms with van der Waals surface area (Å²) in [6.45, 7) is 6.49. The Bertz CT molecular complexity index is 440. The zero-order valence-corrected chi connectivity index (χ0v) is 12.6. The highest BCUT2D eigenvalue weighted by Crippen LogP contribution is 2.42. The highest BCUT2D eigenvalue weighted by Gasteiger charge is 2.43. The van der Waals surface area contributed by atoms with Crippen molar-refractivity contribution in [3.63, 3.8) is 0 Å². The number of aryl methyl sites for hydroxylation is 2. The molecular formula is C16H26N2O. The van der Waals surface area contributed by atoms with Crippen molar-refractivity contribution >= 4 is 0 Å². The van der Waals surface area contributed by atoms with Crippen molar-refractivity contribution in [2.24, 2.45) is 0 Å². The molecule has 0 aliphatic carbocycles. The summed E-state index contributed by atoms with van der Waals surface area (Å²) in [5.74, 6) is 2.14. The predicted octanol–water partition coefficient (Wildman–Crippen LogP) is 3.17. The quantitative estimate of drug-likeness (QED) is 0.907. The molecule has 2 fully saturated rings. The van der Waals surface area contributed by atoms with E-state index < -0.39 is 0 Å². The predicted molar refractivity (Wildman–Crippen MR) is 77.3 cm³/mol. The first-order valence-corrected chi connectivity index (χ1v) is 7.61. The monoisotopic (exact) mass is 262 g/mol. The van der Waals surface area contributed by atoms with Crippen molar-refractivity contribution in [2.45, 2.75) is 70.6 Å². The number of piperidine rings is 1. The fraction of sp³-hybridized carbons (Fsp3) is 0.750. The summed E-state index contributed by atoms with van der Waals surface area (Å²) >= 11 is 0. The van der Waals surface area contributed by atoms with Gasteiger partial charge in [0.2, 0.25) is 0 Å². The van der Waals surface area contributed by atoms with Gasteiger partial charge >= 0.3 is 0 Å². The second kappa shape index (κ2) is 4.95. The van der Waals surface area contributed by atoms with Crippen LogP contribution in [0.1, 0.15) is 55.7 Å². The summed E-state index contributed by atoms with van der Waals surface area (Å²) in [4.78, 5) is 2.76. The SMILES string of the molecule is CNC1CC2CCC(C1)N2C(C)c1cc(C)oc1C. The molecule has 3 heteroatoms. The molecule has 1 aromatic heterocycles.